The van der Waals surface area contributed by atoms with Crippen LogP contribution < -0.4 is 5.32 Å². The van der Waals surface area contributed by atoms with Crippen LogP contribution in [0.1, 0.15) is 43.5 Å². The SMILES string of the molecule is C[C@H]1[C@H](C)CCC[C@@H]1NC(=O)COC(=O)c1ccc2nccnc2c1. The van der Waals surface area contributed by atoms with Crippen molar-refractivity contribution in [2.24, 2.45) is 11.8 Å². The van der Waals surface area contributed by atoms with Crippen LogP contribution in [-0.2, 0) is 9.53 Å². The third kappa shape index (κ3) is 4.13. The predicted octanol–water partition coefficient (Wildman–Crippen LogP) is 2.73. The summed E-state index contributed by atoms with van der Waals surface area (Å²) in [6, 6.07) is 5.12. The number of amides is 1. The average Bonchev–Trinajstić information content (AvgIpc) is 2.63. The first kappa shape index (κ1) is 17.3. The maximum Gasteiger partial charge on any atom is 0.338 e. The smallest absolute Gasteiger partial charge is 0.338 e. The third-order valence-corrected chi connectivity index (χ3v) is 5.09. The molecule has 1 aromatic heterocycles. The fourth-order valence-corrected chi connectivity index (χ4v) is 3.34. The highest BCUT2D eigenvalue weighted by Crippen LogP contribution is 2.29. The number of aromatic nitrogens is 2. The van der Waals surface area contributed by atoms with Gasteiger partial charge in [0.2, 0.25) is 0 Å². The summed E-state index contributed by atoms with van der Waals surface area (Å²) >= 11 is 0. The number of benzene rings is 1. The molecule has 6 heteroatoms. The second kappa shape index (κ2) is 7.59. The second-order valence-corrected chi connectivity index (χ2v) is 6.78. The summed E-state index contributed by atoms with van der Waals surface area (Å²) in [7, 11) is 0. The van der Waals surface area contributed by atoms with Gasteiger partial charge in [-0.1, -0.05) is 26.7 Å². The molecule has 6 nitrogen and oxygen atoms in total. The Kier molecular flexibility index (Phi) is 5.26. The van der Waals surface area contributed by atoms with E-state index in [1.54, 1.807) is 30.6 Å². The second-order valence-electron chi connectivity index (χ2n) is 6.78. The minimum atomic E-state index is -0.534. The number of nitrogens with one attached hydrogen (secondary N) is 1. The van der Waals surface area contributed by atoms with E-state index in [9.17, 15) is 9.59 Å². The van der Waals surface area contributed by atoms with Crippen LogP contribution in [0.3, 0.4) is 0 Å². The Morgan fingerprint density at radius 3 is 2.72 bits per heavy atom. The van der Waals surface area contributed by atoms with Gasteiger partial charge in [0.1, 0.15) is 0 Å². The van der Waals surface area contributed by atoms with Gasteiger partial charge in [-0.3, -0.25) is 14.8 Å². The minimum Gasteiger partial charge on any atom is -0.452 e. The maximum atomic E-state index is 12.2. The molecule has 0 unspecified atom stereocenters. The molecule has 1 fully saturated rings. The van der Waals surface area contributed by atoms with E-state index in [1.807, 2.05) is 0 Å². The molecule has 1 N–H and O–H groups in total. The lowest BCUT2D eigenvalue weighted by atomic mass is 9.78. The Balaban J connectivity index is 1.55. The normalized spacial score (nSPS) is 23.2. The summed E-state index contributed by atoms with van der Waals surface area (Å²) in [4.78, 5) is 32.6. The lowest BCUT2D eigenvalue weighted by molar-refractivity contribution is -0.125. The van der Waals surface area contributed by atoms with Crippen molar-refractivity contribution in [2.75, 3.05) is 6.61 Å². The zero-order chi connectivity index (χ0) is 17.8. The molecule has 1 aromatic carbocycles. The van der Waals surface area contributed by atoms with E-state index in [2.05, 4.69) is 29.1 Å². The molecule has 1 aliphatic carbocycles. The fourth-order valence-electron chi connectivity index (χ4n) is 3.34. The van der Waals surface area contributed by atoms with Crippen LogP contribution in [0.5, 0.6) is 0 Å². The summed E-state index contributed by atoms with van der Waals surface area (Å²) < 4.78 is 5.14. The summed E-state index contributed by atoms with van der Waals surface area (Å²) in [5, 5.41) is 3.00. The summed E-state index contributed by atoms with van der Waals surface area (Å²) in [5.41, 5.74) is 1.68. The van der Waals surface area contributed by atoms with Crippen LogP contribution >= 0.6 is 0 Å². The summed E-state index contributed by atoms with van der Waals surface area (Å²) in [5.74, 6) is 0.250. The van der Waals surface area contributed by atoms with Gasteiger partial charge in [0, 0.05) is 18.4 Å². The Bertz CT molecular complexity index is 777. The summed E-state index contributed by atoms with van der Waals surface area (Å²) in [6.45, 7) is 4.11. The van der Waals surface area contributed by atoms with Gasteiger partial charge in [-0.2, -0.15) is 0 Å². The van der Waals surface area contributed by atoms with Crippen LogP contribution in [-0.4, -0.2) is 34.5 Å². The average molecular weight is 341 g/mol. The van der Waals surface area contributed by atoms with E-state index in [0.717, 1.165) is 12.8 Å². The standard InChI is InChI=1S/C19H23N3O3/c1-12-4-3-5-15(13(12)2)22-18(23)11-25-19(24)14-6-7-16-17(10-14)21-9-8-20-16/h6-10,12-13,15H,3-5,11H2,1-2H3,(H,22,23)/t12-,13+,15+/m1/s1. The van der Waals surface area contributed by atoms with E-state index < -0.39 is 5.97 Å². The fraction of sp³-hybridized carbons (Fsp3) is 0.474. The number of ether oxygens (including phenoxy) is 1. The molecule has 0 radical (unpaired) electrons. The lowest BCUT2D eigenvalue weighted by Gasteiger charge is -2.34. The van der Waals surface area contributed by atoms with Gasteiger partial charge in [0.15, 0.2) is 6.61 Å². The van der Waals surface area contributed by atoms with Crippen LogP contribution in [0.25, 0.3) is 11.0 Å². The summed E-state index contributed by atoms with van der Waals surface area (Å²) in [6.07, 6.45) is 6.46. The molecule has 0 saturated heterocycles. The predicted molar refractivity (Wildman–Crippen MR) is 93.9 cm³/mol. The number of carbonyl (C=O) groups is 2. The maximum absolute atomic E-state index is 12.2. The lowest BCUT2D eigenvalue weighted by Crippen LogP contribution is -2.45. The van der Waals surface area contributed by atoms with Gasteiger partial charge in [0.05, 0.1) is 16.6 Å². The molecular formula is C19H23N3O3. The molecule has 25 heavy (non-hydrogen) atoms. The zero-order valence-corrected chi connectivity index (χ0v) is 14.6. The number of nitrogens with zero attached hydrogens (tertiary/aromatic N) is 2. The quantitative estimate of drug-likeness (QED) is 0.865. The number of hydrogen-bond acceptors (Lipinski definition) is 5. The van der Waals surface area contributed by atoms with Crippen molar-refractivity contribution in [1.29, 1.82) is 0 Å². The first-order valence-corrected chi connectivity index (χ1v) is 8.72. The molecule has 3 rings (SSSR count). The Morgan fingerprint density at radius 1 is 1.16 bits per heavy atom. The highest BCUT2D eigenvalue weighted by Gasteiger charge is 2.28. The monoisotopic (exact) mass is 341 g/mol. The van der Waals surface area contributed by atoms with Crippen LogP contribution in [0, 0.1) is 11.8 Å². The molecule has 1 amide bonds. The largest absolute Gasteiger partial charge is 0.452 e. The van der Waals surface area contributed by atoms with Crippen molar-refractivity contribution < 1.29 is 14.3 Å². The van der Waals surface area contributed by atoms with Gasteiger partial charge >= 0.3 is 5.97 Å². The van der Waals surface area contributed by atoms with E-state index >= 15 is 0 Å². The number of esters is 1. The van der Waals surface area contributed by atoms with Crippen LogP contribution in [0.15, 0.2) is 30.6 Å². The highest BCUT2D eigenvalue weighted by atomic mass is 16.5. The van der Waals surface area contributed by atoms with Gasteiger partial charge in [-0.15, -0.1) is 0 Å². The van der Waals surface area contributed by atoms with Gasteiger partial charge in [-0.05, 0) is 36.5 Å². The number of carbonyl (C=O) groups excluding carboxylic acids is 2. The van der Waals surface area contributed by atoms with Crippen molar-refractivity contribution >= 4 is 22.9 Å². The molecule has 1 saturated carbocycles. The number of hydrogen-bond donors (Lipinski definition) is 1. The Morgan fingerprint density at radius 2 is 1.92 bits per heavy atom. The van der Waals surface area contributed by atoms with Crippen molar-refractivity contribution in [3.05, 3.63) is 36.2 Å². The van der Waals surface area contributed by atoms with Crippen molar-refractivity contribution in [3.63, 3.8) is 0 Å². The van der Waals surface area contributed by atoms with E-state index in [-0.39, 0.29) is 18.6 Å². The molecule has 2 aromatic rings. The van der Waals surface area contributed by atoms with Crippen molar-refractivity contribution in [2.45, 2.75) is 39.2 Å². The Labute approximate surface area is 147 Å². The number of fused-ring (bicyclic) bond motifs is 1. The molecule has 132 valence electrons. The molecule has 0 aliphatic heterocycles. The molecule has 1 aliphatic rings. The highest BCUT2D eigenvalue weighted by molar-refractivity contribution is 5.94. The molecular weight excluding hydrogens is 318 g/mol. The number of rotatable bonds is 4. The van der Waals surface area contributed by atoms with Gasteiger partial charge in [0.25, 0.3) is 5.91 Å². The van der Waals surface area contributed by atoms with E-state index in [1.165, 1.54) is 6.42 Å². The van der Waals surface area contributed by atoms with Crippen molar-refractivity contribution in [1.82, 2.24) is 15.3 Å². The van der Waals surface area contributed by atoms with E-state index in [0.29, 0.717) is 28.4 Å². The van der Waals surface area contributed by atoms with Gasteiger partial charge in [-0.25, -0.2) is 4.79 Å². The first-order valence-electron chi connectivity index (χ1n) is 8.72. The van der Waals surface area contributed by atoms with Crippen molar-refractivity contribution in [3.8, 4) is 0 Å². The topological polar surface area (TPSA) is 81.2 Å². The van der Waals surface area contributed by atoms with Crippen LogP contribution in [0.4, 0.5) is 0 Å². The molecule has 3 atom stereocenters. The molecule has 0 spiro atoms. The Hall–Kier alpha value is -2.50. The van der Waals surface area contributed by atoms with Crippen LogP contribution in [0.2, 0.25) is 0 Å². The zero-order valence-electron chi connectivity index (χ0n) is 14.6. The molecule has 0 bridgehead atoms. The minimum absolute atomic E-state index is 0.158. The first-order chi connectivity index (χ1) is 12.0. The van der Waals surface area contributed by atoms with E-state index in [4.69, 9.17) is 4.74 Å². The molecule has 1 heterocycles. The third-order valence-electron chi connectivity index (χ3n) is 5.09. The van der Waals surface area contributed by atoms with Gasteiger partial charge < -0.3 is 10.1 Å².